The van der Waals surface area contributed by atoms with Gasteiger partial charge in [0.1, 0.15) is 5.82 Å². The first-order valence-corrected chi connectivity index (χ1v) is 7.75. The molecule has 2 rings (SSSR count). The SMILES string of the molecule is COC(=O)c1ccc(F)cc1S(=O)(=O)N1CCC(OC)C1. The van der Waals surface area contributed by atoms with Crippen molar-refractivity contribution in [3.63, 3.8) is 0 Å². The molecular weight excluding hydrogens is 301 g/mol. The average Bonchev–Trinajstić information content (AvgIpc) is 2.96. The smallest absolute Gasteiger partial charge is 0.339 e. The molecule has 0 saturated carbocycles. The zero-order valence-corrected chi connectivity index (χ0v) is 12.5. The van der Waals surface area contributed by atoms with Crippen LogP contribution >= 0.6 is 0 Å². The Balaban J connectivity index is 2.44. The van der Waals surface area contributed by atoms with Gasteiger partial charge in [-0.1, -0.05) is 0 Å². The van der Waals surface area contributed by atoms with Crippen LogP contribution in [0.4, 0.5) is 4.39 Å². The highest BCUT2D eigenvalue weighted by molar-refractivity contribution is 7.89. The molecule has 0 amide bonds. The van der Waals surface area contributed by atoms with Gasteiger partial charge in [-0.15, -0.1) is 0 Å². The van der Waals surface area contributed by atoms with Gasteiger partial charge in [-0.3, -0.25) is 0 Å². The second-order valence-electron chi connectivity index (χ2n) is 4.64. The van der Waals surface area contributed by atoms with E-state index in [1.807, 2.05) is 0 Å². The zero-order valence-electron chi connectivity index (χ0n) is 11.7. The van der Waals surface area contributed by atoms with Crippen molar-refractivity contribution >= 4 is 16.0 Å². The molecule has 1 unspecified atom stereocenters. The molecule has 1 saturated heterocycles. The first kappa shape index (κ1) is 15.9. The Kier molecular flexibility index (Phi) is 4.60. The monoisotopic (exact) mass is 317 g/mol. The lowest BCUT2D eigenvalue weighted by Gasteiger charge is -2.18. The maximum atomic E-state index is 13.4. The third-order valence-corrected chi connectivity index (χ3v) is 5.31. The molecule has 1 aliphatic rings. The van der Waals surface area contributed by atoms with E-state index in [2.05, 4.69) is 4.74 Å². The van der Waals surface area contributed by atoms with Crippen LogP contribution in [0.2, 0.25) is 0 Å². The fraction of sp³-hybridized carbons (Fsp3) is 0.462. The summed E-state index contributed by atoms with van der Waals surface area (Å²) in [5.41, 5.74) is -0.181. The highest BCUT2D eigenvalue weighted by Crippen LogP contribution is 2.26. The highest BCUT2D eigenvalue weighted by Gasteiger charge is 2.35. The van der Waals surface area contributed by atoms with Crippen LogP contribution in [0.1, 0.15) is 16.8 Å². The molecule has 0 bridgehead atoms. The third kappa shape index (κ3) is 3.07. The predicted molar refractivity (Wildman–Crippen MR) is 71.9 cm³/mol. The molecule has 0 radical (unpaired) electrons. The maximum Gasteiger partial charge on any atom is 0.339 e. The maximum absolute atomic E-state index is 13.4. The minimum Gasteiger partial charge on any atom is -0.465 e. The lowest BCUT2D eigenvalue weighted by Crippen LogP contribution is -2.31. The van der Waals surface area contributed by atoms with Crippen molar-refractivity contribution in [3.05, 3.63) is 29.6 Å². The van der Waals surface area contributed by atoms with Gasteiger partial charge in [-0.2, -0.15) is 4.31 Å². The van der Waals surface area contributed by atoms with Crippen LogP contribution in [0.15, 0.2) is 23.1 Å². The van der Waals surface area contributed by atoms with Crippen LogP contribution in [0.5, 0.6) is 0 Å². The minimum atomic E-state index is -3.98. The van der Waals surface area contributed by atoms with E-state index < -0.39 is 21.8 Å². The van der Waals surface area contributed by atoms with Gasteiger partial charge in [-0.25, -0.2) is 17.6 Å². The Morgan fingerprint density at radius 3 is 2.67 bits per heavy atom. The summed E-state index contributed by atoms with van der Waals surface area (Å²) in [4.78, 5) is 11.3. The molecule has 21 heavy (non-hydrogen) atoms. The number of halogens is 1. The van der Waals surface area contributed by atoms with Crippen molar-refractivity contribution in [3.8, 4) is 0 Å². The molecule has 1 aromatic rings. The normalized spacial score (nSPS) is 19.7. The number of hydrogen-bond donors (Lipinski definition) is 0. The lowest BCUT2D eigenvalue weighted by atomic mass is 10.2. The van der Waals surface area contributed by atoms with Crippen molar-refractivity contribution < 1.29 is 27.1 Å². The van der Waals surface area contributed by atoms with Gasteiger partial charge >= 0.3 is 5.97 Å². The molecule has 1 atom stereocenters. The molecule has 1 aliphatic heterocycles. The van der Waals surface area contributed by atoms with Gasteiger partial charge in [0.05, 0.1) is 23.7 Å². The molecule has 0 N–H and O–H groups in total. The second kappa shape index (κ2) is 6.08. The fourth-order valence-electron chi connectivity index (χ4n) is 2.24. The van der Waals surface area contributed by atoms with Crippen LogP contribution in [0.3, 0.4) is 0 Å². The van der Waals surface area contributed by atoms with E-state index in [0.717, 1.165) is 25.3 Å². The van der Waals surface area contributed by atoms with Crippen LogP contribution < -0.4 is 0 Å². The number of hydrogen-bond acceptors (Lipinski definition) is 5. The van der Waals surface area contributed by atoms with Gasteiger partial charge in [0.2, 0.25) is 10.0 Å². The first-order valence-electron chi connectivity index (χ1n) is 6.31. The van der Waals surface area contributed by atoms with Crippen molar-refractivity contribution in [2.45, 2.75) is 17.4 Å². The van der Waals surface area contributed by atoms with Crippen molar-refractivity contribution in [1.29, 1.82) is 0 Å². The summed E-state index contributed by atoms with van der Waals surface area (Å²) in [6.07, 6.45) is 0.355. The van der Waals surface area contributed by atoms with E-state index in [-0.39, 0.29) is 29.7 Å². The number of carbonyl (C=O) groups excluding carboxylic acids is 1. The Labute approximate surface area is 122 Å². The van der Waals surface area contributed by atoms with Crippen molar-refractivity contribution in [2.75, 3.05) is 27.3 Å². The van der Waals surface area contributed by atoms with Crippen LogP contribution in [-0.4, -0.2) is 52.1 Å². The highest BCUT2D eigenvalue weighted by atomic mass is 32.2. The Morgan fingerprint density at radius 2 is 2.10 bits per heavy atom. The van der Waals surface area contributed by atoms with Crippen LogP contribution in [-0.2, 0) is 19.5 Å². The molecule has 8 heteroatoms. The van der Waals surface area contributed by atoms with Crippen LogP contribution in [0.25, 0.3) is 0 Å². The zero-order chi connectivity index (χ0) is 15.6. The van der Waals surface area contributed by atoms with Crippen LogP contribution in [0, 0.1) is 5.82 Å². The van der Waals surface area contributed by atoms with E-state index in [1.54, 1.807) is 0 Å². The van der Waals surface area contributed by atoms with E-state index in [0.29, 0.717) is 6.42 Å². The predicted octanol–water partition coefficient (Wildman–Crippen LogP) is 1.02. The number of rotatable bonds is 4. The number of benzene rings is 1. The number of ether oxygens (including phenoxy) is 2. The number of carbonyl (C=O) groups is 1. The summed E-state index contributed by atoms with van der Waals surface area (Å²) in [6.45, 7) is 0.438. The Bertz CT molecular complexity index is 646. The summed E-state index contributed by atoms with van der Waals surface area (Å²) < 4.78 is 49.4. The molecule has 1 fully saturated rings. The molecule has 116 valence electrons. The van der Waals surface area contributed by atoms with E-state index in [1.165, 1.54) is 11.4 Å². The topological polar surface area (TPSA) is 72.9 Å². The third-order valence-electron chi connectivity index (χ3n) is 3.41. The minimum absolute atomic E-state index is 0.177. The van der Waals surface area contributed by atoms with Gasteiger partial charge in [0, 0.05) is 20.2 Å². The fourth-order valence-corrected chi connectivity index (χ4v) is 3.91. The Morgan fingerprint density at radius 1 is 1.38 bits per heavy atom. The second-order valence-corrected chi connectivity index (χ2v) is 6.55. The van der Waals surface area contributed by atoms with E-state index >= 15 is 0 Å². The van der Waals surface area contributed by atoms with Gasteiger partial charge in [0.15, 0.2) is 0 Å². The number of esters is 1. The summed E-state index contributed by atoms with van der Waals surface area (Å²) in [5, 5.41) is 0. The van der Waals surface area contributed by atoms with Gasteiger partial charge in [-0.05, 0) is 24.6 Å². The Hall–Kier alpha value is -1.51. The molecule has 1 aromatic carbocycles. The quantitative estimate of drug-likeness (QED) is 0.775. The van der Waals surface area contributed by atoms with Crippen molar-refractivity contribution in [2.24, 2.45) is 0 Å². The van der Waals surface area contributed by atoms with Gasteiger partial charge in [0.25, 0.3) is 0 Å². The standard InChI is InChI=1S/C13H16FNO5S/c1-19-10-5-6-15(8-10)21(17,18)12-7-9(14)3-4-11(12)13(16)20-2/h3-4,7,10H,5-6,8H2,1-2H3. The summed E-state index contributed by atoms with van der Waals surface area (Å²) in [7, 11) is -1.34. The first-order chi connectivity index (χ1) is 9.90. The molecular formula is C13H16FNO5S. The molecule has 6 nitrogen and oxygen atoms in total. The average molecular weight is 317 g/mol. The largest absolute Gasteiger partial charge is 0.465 e. The van der Waals surface area contributed by atoms with E-state index in [9.17, 15) is 17.6 Å². The van der Waals surface area contributed by atoms with Gasteiger partial charge < -0.3 is 9.47 Å². The molecule has 0 aromatic heterocycles. The van der Waals surface area contributed by atoms with E-state index in [4.69, 9.17) is 4.74 Å². The molecule has 0 aliphatic carbocycles. The number of sulfonamides is 1. The number of methoxy groups -OCH3 is 2. The summed E-state index contributed by atoms with van der Waals surface area (Å²) >= 11 is 0. The van der Waals surface area contributed by atoms with Crippen molar-refractivity contribution in [1.82, 2.24) is 4.31 Å². The molecule has 0 spiro atoms. The molecule has 1 heterocycles. The summed E-state index contributed by atoms with van der Waals surface area (Å²) in [6, 6.07) is 2.97. The lowest BCUT2D eigenvalue weighted by molar-refractivity contribution is 0.0596. The number of nitrogens with zero attached hydrogens (tertiary/aromatic N) is 1. The summed E-state index contributed by atoms with van der Waals surface area (Å²) in [5.74, 6) is -1.56.